The lowest BCUT2D eigenvalue weighted by atomic mass is 10.1. The van der Waals surface area contributed by atoms with Crippen LogP contribution in [0.5, 0.6) is 0 Å². The smallest absolute Gasteiger partial charge is 0.282 e. The molecule has 9 heteroatoms. The number of nitrogens with one attached hydrogen (secondary N) is 1. The fourth-order valence-electron chi connectivity index (χ4n) is 3.10. The van der Waals surface area contributed by atoms with Crippen molar-refractivity contribution in [2.24, 2.45) is 0 Å². The molecule has 4 rings (SSSR count). The van der Waals surface area contributed by atoms with E-state index >= 15 is 0 Å². The summed E-state index contributed by atoms with van der Waals surface area (Å²) in [6.45, 7) is 6.73. The van der Waals surface area contributed by atoms with Gasteiger partial charge < -0.3 is 10.1 Å². The highest BCUT2D eigenvalue weighted by atomic mass is 19.3. The maximum Gasteiger partial charge on any atom is 0.282 e. The lowest BCUT2D eigenvalue weighted by molar-refractivity contribution is 0.110. The Bertz CT molecular complexity index is 953. The van der Waals surface area contributed by atoms with Crippen LogP contribution in [0.4, 0.5) is 20.4 Å². The molecule has 3 aromatic heterocycles. The van der Waals surface area contributed by atoms with Gasteiger partial charge in [0.1, 0.15) is 23.1 Å². The molecule has 1 radical (unpaired) electrons. The third-order valence-electron chi connectivity index (χ3n) is 4.37. The van der Waals surface area contributed by atoms with Gasteiger partial charge in [0.15, 0.2) is 5.82 Å². The lowest BCUT2D eigenvalue weighted by Gasteiger charge is -2.22. The standard InChI is InChI=1S/C18H21F2N6O/c1-18(2,3)26-15(10-11(24-26)14-5-4-8-27-14)22-17-13-9-12(16(19)20)23-25(13)7-6-21-17/h4,6-7,9-10,14,16H,5,8H2,1-3H3,(H,21,22). The molecule has 1 aliphatic rings. The van der Waals surface area contributed by atoms with Gasteiger partial charge in [-0.3, -0.25) is 0 Å². The van der Waals surface area contributed by atoms with Gasteiger partial charge in [-0.2, -0.15) is 10.2 Å². The summed E-state index contributed by atoms with van der Waals surface area (Å²) >= 11 is 0. The molecule has 0 aliphatic carbocycles. The molecule has 0 amide bonds. The topological polar surface area (TPSA) is 69.3 Å². The first kappa shape index (κ1) is 17.8. The van der Waals surface area contributed by atoms with Crippen LogP contribution in [0.3, 0.4) is 0 Å². The highest BCUT2D eigenvalue weighted by Crippen LogP contribution is 2.33. The van der Waals surface area contributed by atoms with Gasteiger partial charge in [0.25, 0.3) is 6.43 Å². The minimum absolute atomic E-state index is 0.0710. The van der Waals surface area contributed by atoms with E-state index in [0.29, 0.717) is 23.8 Å². The summed E-state index contributed by atoms with van der Waals surface area (Å²) in [5.41, 5.74) is 0.727. The molecule has 3 aromatic rings. The summed E-state index contributed by atoms with van der Waals surface area (Å²) in [5.74, 6) is 1.15. The molecule has 4 heterocycles. The molecule has 0 saturated carbocycles. The van der Waals surface area contributed by atoms with Crippen LogP contribution in [0.15, 0.2) is 24.5 Å². The van der Waals surface area contributed by atoms with E-state index in [1.165, 1.54) is 16.8 Å². The van der Waals surface area contributed by atoms with Gasteiger partial charge in [-0.25, -0.2) is 23.0 Å². The van der Waals surface area contributed by atoms with E-state index in [9.17, 15) is 8.78 Å². The van der Waals surface area contributed by atoms with Crippen LogP contribution in [0, 0.1) is 6.42 Å². The largest absolute Gasteiger partial charge is 0.372 e. The molecule has 1 fully saturated rings. The molecule has 27 heavy (non-hydrogen) atoms. The summed E-state index contributed by atoms with van der Waals surface area (Å²) in [4.78, 5) is 4.31. The molecule has 0 spiro atoms. The third-order valence-corrected chi connectivity index (χ3v) is 4.37. The summed E-state index contributed by atoms with van der Waals surface area (Å²) in [6.07, 6.45) is 3.24. The summed E-state index contributed by atoms with van der Waals surface area (Å²) < 4.78 is 35.0. The minimum atomic E-state index is -2.64. The lowest BCUT2D eigenvalue weighted by Crippen LogP contribution is -2.25. The van der Waals surface area contributed by atoms with E-state index in [4.69, 9.17) is 9.84 Å². The number of nitrogens with zero attached hydrogens (tertiary/aromatic N) is 5. The third kappa shape index (κ3) is 3.39. The number of anilines is 2. The Kier molecular flexibility index (Phi) is 4.33. The Labute approximate surface area is 155 Å². The Balaban J connectivity index is 1.74. The molecule has 1 aliphatic heterocycles. The Morgan fingerprint density at radius 1 is 1.26 bits per heavy atom. The van der Waals surface area contributed by atoms with Crippen molar-refractivity contribution in [2.75, 3.05) is 11.9 Å². The monoisotopic (exact) mass is 375 g/mol. The predicted octanol–water partition coefficient (Wildman–Crippen LogP) is 4.03. The first-order valence-electron chi connectivity index (χ1n) is 8.76. The van der Waals surface area contributed by atoms with Crippen LogP contribution in [-0.4, -0.2) is 31.0 Å². The fourth-order valence-corrected chi connectivity index (χ4v) is 3.10. The molecular formula is C18H21F2N6O. The van der Waals surface area contributed by atoms with Gasteiger partial charge in [0, 0.05) is 18.5 Å². The summed E-state index contributed by atoms with van der Waals surface area (Å²) in [6, 6.07) is 3.26. The first-order chi connectivity index (χ1) is 12.8. The predicted molar refractivity (Wildman–Crippen MR) is 96.1 cm³/mol. The van der Waals surface area contributed by atoms with Gasteiger partial charge >= 0.3 is 0 Å². The number of halogens is 2. The number of hydrogen-bond acceptors (Lipinski definition) is 5. The average Bonchev–Trinajstić information content (AvgIpc) is 3.33. The molecule has 7 nitrogen and oxygen atoms in total. The molecule has 0 aromatic carbocycles. The van der Waals surface area contributed by atoms with E-state index in [0.717, 1.165) is 12.1 Å². The second-order valence-corrected chi connectivity index (χ2v) is 7.48. The number of hydrogen-bond donors (Lipinski definition) is 1. The highest BCUT2D eigenvalue weighted by molar-refractivity contribution is 5.72. The minimum Gasteiger partial charge on any atom is -0.372 e. The van der Waals surface area contributed by atoms with Crippen molar-refractivity contribution in [2.45, 2.75) is 45.3 Å². The molecular weight excluding hydrogens is 354 g/mol. The second-order valence-electron chi connectivity index (χ2n) is 7.48. The van der Waals surface area contributed by atoms with Crippen molar-refractivity contribution in [1.82, 2.24) is 24.4 Å². The zero-order valence-corrected chi connectivity index (χ0v) is 15.4. The van der Waals surface area contributed by atoms with Crippen LogP contribution in [-0.2, 0) is 10.3 Å². The molecule has 0 bridgehead atoms. The van der Waals surface area contributed by atoms with E-state index in [-0.39, 0.29) is 17.3 Å². The zero-order valence-electron chi connectivity index (χ0n) is 15.4. The van der Waals surface area contributed by atoms with Crippen LogP contribution in [0.25, 0.3) is 5.52 Å². The van der Waals surface area contributed by atoms with Gasteiger partial charge in [-0.15, -0.1) is 0 Å². The van der Waals surface area contributed by atoms with Crippen molar-refractivity contribution < 1.29 is 13.5 Å². The number of rotatable bonds is 4. The molecule has 1 unspecified atom stereocenters. The maximum atomic E-state index is 13.0. The van der Waals surface area contributed by atoms with Gasteiger partial charge in [-0.1, -0.05) is 0 Å². The maximum absolute atomic E-state index is 13.0. The normalized spacial score (nSPS) is 17.9. The van der Waals surface area contributed by atoms with Crippen LogP contribution >= 0.6 is 0 Å². The van der Waals surface area contributed by atoms with Crippen LogP contribution in [0.1, 0.15) is 51.1 Å². The van der Waals surface area contributed by atoms with Crippen LogP contribution < -0.4 is 5.32 Å². The quantitative estimate of drug-likeness (QED) is 0.746. The molecule has 1 saturated heterocycles. The van der Waals surface area contributed by atoms with Gasteiger partial charge in [0.05, 0.1) is 17.8 Å². The summed E-state index contributed by atoms with van der Waals surface area (Å²) in [5, 5.41) is 11.8. The first-order valence-corrected chi connectivity index (χ1v) is 8.76. The Morgan fingerprint density at radius 3 is 2.74 bits per heavy atom. The Morgan fingerprint density at radius 2 is 2.07 bits per heavy atom. The van der Waals surface area contributed by atoms with Crippen molar-refractivity contribution in [3.8, 4) is 0 Å². The SMILES string of the molecule is CC(C)(C)n1nc(C2C[CH]CO2)cc1Nc1nccn2nc(C(F)F)cc12. The summed E-state index contributed by atoms with van der Waals surface area (Å²) in [7, 11) is 0. The van der Waals surface area contributed by atoms with Crippen molar-refractivity contribution >= 4 is 17.2 Å². The van der Waals surface area contributed by atoms with Crippen molar-refractivity contribution in [3.05, 3.63) is 42.3 Å². The van der Waals surface area contributed by atoms with E-state index in [2.05, 4.69) is 21.8 Å². The van der Waals surface area contributed by atoms with Gasteiger partial charge in [-0.05, 0) is 39.7 Å². The van der Waals surface area contributed by atoms with Crippen molar-refractivity contribution in [1.29, 1.82) is 0 Å². The highest BCUT2D eigenvalue weighted by Gasteiger charge is 2.26. The fraction of sp³-hybridized carbons (Fsp3) is 0.444. The Hall–Kier alpha value is -2.55. The molecule has 1 atom stereocenters. The average molecular weight is 375 g/mol. The van der Waals surface area contributed by atoms with E-state index < -0.39 is 6.43 Å². The van der Waals surface area contributed by atoms with Crippen LogP contribution in [0.2, 0.25) is 0 Å². The number of alkyl halides is 2. The number of aromatic nitrogens is 5. The molecule has 1 N–H and O–H groups in total. The van der Waals surface area contributed by atoms with Crippen molar-refractivity contribution in [3.63, 3.8) is 0 Å². The number of ether oxygens (including phenoxy) is 1. The second kappa shape index (κ2) is 6.56. The molecule has 143 valence electrons. The zero-order chi connectivity index (χ0) is 19.2. The van der Waals surface area contributed by atoms with E-state index in [1.54, 1.807) is 6.20 Å². The van der Waals surface area contributed by atoms with E-state index in [1.807, 2.05) is 31.5 Å². The number of fused-ring (bicyclic) bond motifs is 1. The van der Waals surface area contributed by atoms with Gasteiger partial charge in [0.2, 0.25) is 0 Å².